The predicted molar refractivity (Wildman–Crippen MR) is 72.1 cm³/mol. The lowest BCUT2D eigenvalue weighted by atomic mass is 10.1. The summed E-state index contributed by atoms with van der Waals surface area (Å²) in [5.74, 6) is 0.662. The molecule has 0 unspecified atom stereocenters. The fourth-order valence-electron chi connectivity index (χ4n) is 1.68. The van der Waals surface area contributed by atoms with Gasteiger partial charge in [-0.3, -0.25) is 4.68 Å². The van der Waals surface area contributed by atoms with Gasteiger partial charge in [0, 0.05) is 18.2 Å². The Balaban J connectivity index is 2.19. The predicted octanol–water partition coefficient (Wildman–Crippen LogP) is 4.25. The molecule has 0 aliphatic rings. The summed E-state index contributed by atoms with van der Waals surface area (Å²) in [6.07, 6.45) is 1.09. The van der Waals surface area contributed by atoms with Gasteiger partial charge in [-0.15, -0.1) is 0 Å². The third kappa shape index (κ3) is 3.10. The lowest BCUT2D eigenvalue weighted by Crippen LogP contribution is -2.03. The average Bonchev–Trinajstić information content (AvgIpc) is 2.69. The van der Waals surface area contributed by atoms with Crippen molar-refractivity contribution in [1.29, 1.82) is 0 Å². The van der Waals surface area contributed by atoms with E-state index in [1.165, 1.54) is 0 Å². The van der Waals surface area contributed by atoms with Crippen LogP contribution >= 0.6 is 11.6 Å². The Kier molecular flexibility index (Phi) is 3.85. The monoisotopic (exact) mass is 248 g/mol. The molecule has 0 fully saturated rings. The van der Waals surface area contributed by atoms with Gasteiger partial charge >= 0.3 is 0 Å². The number of rotatable bonds is 4. The molecule has 0 aliphatic carbocycles. The number of benzene rings is 1. The quantitative estimate of drug-likeness (QED) is 0.791. The lowest BCUT2D eigenvalue weighted by Gasteiger charge is -2.05. The van der Waals surface area contributed by atoms with Crippen LogP contribution < -0.4 is 0 Å². The summed E-state index contributed by atoms with van der Waals surface area (Å²) < 4.78 is 1.88. The van der Waals surface area contributed by atoms with Crippen LogP contribution in [0.1, 0.15) is 20.3 Å². The number of halogens is 1. The van der Waals surface area contributed by atoms with Gasteiger partial charge in [-0.2, -0.15) is 5.10 Å². The van der Waals surface area contributed by atoms with Crippen LogP contribution in [0.2, 0.25) is 5.15 Å². The molecule has 0 aliphatic heterocycles. The van der Waals surface area contributed by atoms with Crippen molar-refractivity contribution >= 4 is 11.6 Å². The van der Waals surface area contributed by atoms with Crippen LogP contribution in [-0.4, -0.2) is 9.78 Å². The summed E-state index contributed by atoms with van der Waals surface area (Å²) in [6.45, 7) is 5.29. The fraction of sp³-hybridized carbons (Fsp3) is 0.357. The fourth-order valence-corrected chi connectivity index (χ4v) is 1.91. The largest absolute Gasteiger partial charge is 0.253 e. The van der Waals surface area contributed by atoms with E-state index >= 15 is 0 Å². The minimum absolute atomic E-state index is 0.662. The van der Waals surface area contributed by atoms with Crippen molar-refractivity contribution < 1.29 is 0 Å². The highest BCUT2D eigenvalue weighted by Gasteiger charge is 2.07. The van der Waals surface area contributed by atoms with Gasteiger partial charge in [0.05, 0.1) is 5.69 Å². The first-order chi connectivity index (χ1) is 8.16. The second kappa shape index (κ2) is 5.37. The number of nitrogens with zero attached hydrogens (tertiary/aromatic N) is 2. The number of aromatic nitrogens is 2. The van der Waals surface area contributed by atoms with Crippen LogP contribution in [0.4, 0.5) is 0 Å². The van der Waals surface area contributed by atoms with Crippen molar-refractivity contribution in [2.75, 3.05) is 0 Å². The highest BCUT2D eigenvalue weighted by Crippen LogP contribution is 2.22. The molecule has 0 radical (unpaired) electrons. The topological polar surface area (TPSA) is 17.8 Å². The molecule has 0 saturated heterocycles. The van der Waals surface area contributed by atoms with E-state index in [1.54, 1.807) is 0 Å². The van der Waals surface area contributed by atoms with Crippen molar-refractivity contribution in [1.82, 2.24) is 9.78 Å². The molecule has 90 valence electrons. The molecule has 0 N–H and O–H groups in total. The molecule has 1 aromatic heterocycles. The van der Waals surface area contributed by atoms with Gasteiger partial charge in [-0.25, -0.2) is 0 Å². The molecule has 2 nitrogen and oxygen atoms in total. The average molecular weight is 249 g/mol. The second-order valence-corrected chi connectivity index (χ2v) is 5.01. The standard InChI is InChI=1S/C14H17ClN2/c1-11(2)8-9-17-14(15)10-13(16-17)12-6-4-3-5-7-12/h3-7,10-11H,8-9H2,1-2H3. The van der Waals surface area contributed by atoms with E-state index in [9.17, 15) is 0 Å². The summed E-state index contributed by atoms with van der Waals surface area (Å²) in [4.78, 5) is 0. The Morgan fingerprint density at radius 3 is 2.59 bits per heavy atom. The minimum Gasteiger partial charge on any atom is -0.253 e. The zero-order valence-electron chi connectivity index (χ0n) is 10.2. The molecule has 0 spiro atoms. The van der Waals surface area contributed by atoms with Crippen LogP contribution in [-0.2, 0) is 6.54 Å². The maximum Gasteiger partial charge on any atom is 0.127 e. The van der Waals surface area contributed by atoms with Crippen molar-refractivity contribution in [2.24, 2.45) is 5.92 Å². The molecule has 1 aromatic carbocycles. The maximum absolute atomic E-state index is 6.18. The van der Waals surface area contributed by atoms with Gasteiger partial charge in [0.25, 0.3) is 0 Å². The summed E-state index contributed by atoms with van der Waals surface area (Å²) in [7, 11) is 0. The molecule has 0 saturated carbocycles. The van der Waals surface area contributed by atoms with Crippen LogP contribution in [0.25, 0.3) is 11.3 Å². The van der Waals surface area contributed by atoms with E-state index in [2.05, 4.69) is 18.9 Å². The number of hydrogen-bond acceptors (Lipinski definition) is 1. The van der Waals surface area contributed by atoms with E-state index < -0.39 is 0 Å². The third-order valence-electron chi connectivity index (χ3n) is 2.72. The Morgan fingerprint density at radius 1 is 1.24 bits per heavy atom. The first-order valence-corrected chi connectivity index (χ1v) is 6.33. The number of aryl methyl sites for hydroxylation is 1. The Morgan fingerprint density at radius 2 is 1.94 bits per heavy atom. The van der Waals surface area contributed by atoms with Crippen molar-refractivity contribution in [3.05, 3.63) is 41.6 Å². The van der Waals surface area contributed by atoms with Crippen LogP contribution in [0, 0.1) is 5.92 Å². The molecule has 0 bridgehead atoms. The van der Waals surface area contributed by atoms with Gasteiger partial charge < -0.3 is 0 Å². The molecule has 1 heterocycles. The molecule has 0 amide bonds. The molecule has 17 heavy (non-hydrogen) atoms. The lowest BCUT2D eigenvalue weighted by molar-refractivity contribution is 0.488. The first kappa shape index (κ1) is 12.2. The van der Waals surface area contributed by atoms with E-state index in [0.29, 0.717) is 11.1 Å². The highest BCUT2D eigenvalue weighted by atomic mass is 35.5. The summed E-state index contributed by atoms with van der Waals surface area (Å²) in [5, 5.41) is 5.25. The van der Waals surface area contributed by atoms with Gasteiger partial charge in [-0.05, 0) is 12.3 Å². The molecule has 0 atom stereocenters. The van der Waals surface area contributed by atoms with Gasteiger partial charge in [-0.1, -0.05) is 55.8 Å². The normalized spacial score (nSPS) is 11.1. The number of hydrogen-bond donors (Lipinski definition) is 0. The van der Waals surface area contributed by atoms with E-state index in [0.717, 1.165) is 24.2 Å². The summed E-state index contributed by atoms with van der Waals surface area (Å²) >= 11 is 6.18. The van der Waals surface area contributed by atoms with Crippen LogP contribution in [0.5, 0.6) is 0 Å². The molecule has 2 aromatic rings. The molecular weight excluding hydrogens is 232 g/mol. The van der Waals surface area contributed by atoms with Gasteiger partial charge in [0.2, 0.25) is 0 Å². The third-order valence-corrected chi connectivity index (χ3v) is 3.02. The smallest absolute Gasteiger partial charge is 0.127 e. The summed E-state index contributed by atoms with van der Waals surface area (Å²) in [5.41, 5.74) is 2.05. The van der Waals surface area contributed by atoms with E-state index in [-0.39, 0.29) is 0 Å². The Hall–Kier alpha value is -1.28. The minimum atomic E-state index is 0.662. The van der Waals surface area contributed by atoms with Crippen LogP contribution in [0.15, 0.2) is 36.4 Å². The SMILES string of the molecule is CC(C)CCn1nc(-c2ccccc2)cc1Cl. The van der Waals surface area contributed by atoms with Crippen molar-refractivity contribution in [2.45, 2.75) is 26.8 Å². The Labute approximate surface area is 107 Å². The Bertz CT molecular complexity index is 474. The zero-order valence-corrected chi connectivity index (χ0v) is 11.0. The second-order valence-electron chi connectivity index (χ2n) is 4.62. The highest BCUT2D eigenvalue weighted by molar-refractivity contribution is 6.29. The van der Waals surface area contributed by atoms with Crippen LogP contribution in [0.3, 0.4) is 0 Å². The van der Waals surface area contributed by atoms with E-state index in [1.807, 2.05) is 41.1 Å². The summed E-state index contributed by atoms with van der Waals surface area (Å²) in [6, 6.07) is 12.0. The molecular formula is C14H17ClN2. The van der Waals surface area contributed by atoms with Gasteiger partial charge in [0.15, 0.2) is 0 Å². The zero-order chi connectivity index (χ0) is 12.3. The molecule has 2 rings (SSSR count). The van der Waals surface area contributed by atoms with E-state index in [4.69, 9.17) is 11.6 Å². The van der Waals surface area contributed by atoms with Crippen molar-refractivity contribution in [3.63, 3.8) is 0 Å². The van der Waals surface area contributed by atoms with Crippen molar-refractivity contribution in [3.8, 4) is 11.3 Å². The van der Waals surface area contributed by atoms with Gasteiger partial charge in [0.1, 0.15) is 5.15 Å². The molecule has 3 heteroatoms. The first-order valence-electron chi connectivity index (χ1n) is 5.95. The maximum atomic E-state index is 6.18.